The van der Waals surface area contributed by atoms with E-state index in [1.165, 1.54) is 7.11 Å². The van der Waals surface area contributed by atoms with Crippen molar-refractivity contribution >= 4 is 17.2 Å². The summed E-state index contributed by atoms with van der Waals surface area (Å²) < 4.78 is 38.0. The number of hydrogen-bond donors (Lipinski definition) is 1. The predicted molar refractivity (Wildman–Crippen MR) is 108 cm³/mol. The summed E-state index contributed by atoms with van der Waals surface area (Å²) >= 11 is 0. The molecule has 2 fully saturated rings. The molecular formula is C20H20F2N8O. The van der Waals surface area contributed by atoms with Gasteiger partial charge in [-0.2, -0.15) is 4.98 Å². The summed E-state index contributed by atoms with van der Waals surface area (Å²) in [5, 5.41) is 7.26. The Morgan fingerprint density at radius 3 is 2.90 bits per heavy atom. The molecule has 1 aliphatic heterocycles. The highest BCUT2D eigenvalue weighted by atomic mass is 19.3. The highest BCUT2D eigenvalue weighted by Gasteiger charge is 2.51. The number of aromatic nitrogens is 6. The van der Waals surface area contributed by atoms with Gasteiger partial charge in [0.25, 0.3) is 5.92 Å². The maximum Gasteiger partial charge on any atom is 0.281 e. The minimum absolute atomic E-state index is 0.108. The third-order valence-electron chi connectivity index (χ3n) is 5.94. The van der Waals surface area contributed by atoms with E-state index in [-0.39, 0.29) is 25.1 Å². The van der Waals surface area contributed by atoms with Gasteiger partial charge < -0.3 is 10.1 Å². The lowest BCUT2D eigenvalue weighted by Crippen LogP contribution is -2.38. The van der Waals surface area contributed by atoms with Crippen molar-refractivity contribution in [2.75, 3.05) is 25.5 Å². The van der Waals surface area contributed by atoms with Crippen LogP contribution in [0.15, 0.2) is 37.1 Å². The molecule has 0 amide bonds. The number of rotatable bonds is 5. The molecule has 0 radical (unpaired) electrons. The summed E-state index contributed by atoms with van der Waals surface area (Å²) in [5.74, 6) is -1.85. The topological polar surface area (TPSA) is 84.9 Å². The van der Waals surface area contributed by atoms with Gasteiger partial charge in [-0.15, -0.1) is 5.10 Å². The van der Waals surface area contributed by atoms with E-state index in [2.05, 4.69) is 25.4 Å². The van der Waals surface area contributed by atoms with E-state index >= 15 is 0 Å². The summed E-state index contributed by atoms with van der Waals surface area (Å²) in [6.07, 6.45) is 10.8. The number of imidazole rings is 1. The highest BCUT2D eigenvalue weighted by molar-refractivity contribution is 5.84. The van der Waals surface area contributed by atoms with Crippen LogP contribution in [0.3, 0.4) is 0 Å². The van der Waals surface area contributed by atoms with Gasteiger partial charge in [0, 0.05) is 54.7 Å². The molecule has 0 spiro atoms. The van der Waals surface area contributed by atoms with E-state index in [1.54, 1.807) is 23.1 Å². The molecule has 1 saturated heterocycles. The quantitative estimate of drug-likeness (QED) is 0.524. The molecule has 1 atom stereocenters. The van der Waals surface area contributed by atoms with Crippen LogP contribution < -0.4 is 10.1 Å². The zero-order valence-electron chi connectivity index (χ0n) is 16.7. The van der Waals surface area contributed by atoms with Gasteiger partial charge in [-0.1, -0.05) is 0 Å². The van der Waals surface area contributed by atoms with Crippen LogP contribution in [-0.2, 0) is 0 Å². The lowest BCUT2D eigenvalue weighted by Gasteiger charge is -2.19. The average Bonchev–Trinajstić information content (AvgIpc) is 3.22. The Balaban J connectivity index is 1.36. The molecule has 0 bridgehead atoms. The maximum atomic E-state index is 14.5. The number of halogens is 2. The SMILES string of the molecule is COc1nc(NC2CN(C3CC3)CC2(F)F)nn2ccc(-c3cnc4nccn4c3)c12. The van der Waals surface area contributed by atoms with Crippen molar-refractivity contribution in [1.29, 1.82) is 0 Å². The number of ether oxygens (including phenoxy) is 1. The van der Waals surface area contributed by atoms with Gasteiger partial charge in [0.15, 0.2) is 0 Å². The average molecular weight is 426 g/mol. The molecule has 1 aliphatic carbocycles. The lowest BCUT2D eigenvalue weighted by molar-refractivity contribution is 0.00317. The summed E-state index contributed by atoms with van der Waals surface area (Å²) in [7, 11) is 1.50. The summed E-state index contributed by atoms with van der Waals surface area (Å²) in [6, 6.07) is 1.11. The van der Waals surface area contributed by atoms with Gasteiger partial charge in [0.05, 0.1) is 13.7 Å². The summed E-state index contributed by atoms with van der Waals surface area (Å²) in [4.78, 5) is 14.7. The highest BCUT2D eigenvalue weighted by Crippen LogP contribution is 2.37. The molecule has 1 N–H and O–H groups in total. The first kappa shape index (κ1) is 18.4. The Bertz CT molecular complexity index is 1280. The van der Waals surface area contributed by atoms with Gasteiger partial charge in [0.1, 0.15) is 11.6 Å². The summed E-state index contributed by atoms with van der Waals surface area (Å²) in [6.45, 7) is 0.0427. The molecular weight excluding hydrogens is 406 g/mol. The van der Waals surface area contributed by atoms with E-state index < -0.39 is 12.0 Å². The van der Waals surface area contributed by atoms with E-state index in [9.17, 15) is 8.78 Å². The Hall–Kier alpha value is -3.34. The Kier molecular flexibility index (Phi) is 3.91. The summed E-state index contributed by atoms with van der Waals surface area (Å²) in [5.41, 5.74) is 2.28. The van der Waals surface area contributed by atoms with Gasteiger partial charge in [-0.3, -0.25) is 9.30 Å². The van der Waals surface area contributed by atoms with Crippen LogP contribution in [0, 0.1) is 0 Å². The smallest absolute Gasteiger partial charge is 0.281 e. The second kappa shape index (κ2) is 6.58. The Labute approximate surface area is 175 Å². The second-order valence-corrected chi connectivity index (χ2v) is 8.06. The molecule has 1 saturated carbocycles. The first-order valence-electron chi connectivity index (χ1n) is 10.1. The van der Waals surface area contributed by atoms with E-state index in [4.69, 9.17) is 4.74 Å². The van der Waals surface area contributed by atoms with Gasteiger partial charge in [-0.05, 0) is 18.9 Å². The molecule has 6 rings (SSSR count). The van der Waals surface area contributed by atoms with Crippen molar-refractivity contribution in [2.24, 2.45) is 0 Å². The molecule has 1 unspecified atom stereocenters. The molecule has 4 aromatic rings. The number of anilines is 1. The molecule has 160 valence electrons. The number of likely N-dealkylation sites (tertiary alicyclic amines) is 1. The van der Waals surface area contributed by atoms with Crippen LogP contribution in [0.1, 0.15) is 12.8 Å². The minimum Gasteiger partial charge on any atom is -0.479 e. The van der Waals surface area contributed by atoms with Crippen LogP contribution in [0.5, 0.6) is 5.88 Å². The molecule has 31 heavy (non-hydrogen) atoms. The van der Waals surface area contributed by atoms with Crippen molar-refractivity contribution in [3.63, 3.8) is 0 Å². The van der Waals surface area contributed by atoms with Crippen molar-refractivity contribution in [1.82, 2.24) is 33.9 Å². The third kappa shape index (κ3) is 3.07. The van der Waals surface area contributed by atoms with Crippen molar-refractivity contribution in [2.45, 2.75) is 30.8 Å². The Morgan fingerprint density at radius 1 is 1.23 bits per heavy atom. The number of methoxy groups -OCH3 is 1. The third-order valence-corrected chi connectivity index (χ3v) is 5.94. The molecule has 11 heteroatoms. The van der Waals surface area contributed by atoms with Crippen LogP contribution in [0.4, 0.5) is 14.7 Å². The first-order chi connectivity index (χ1) is 15.0. The molecule has 9 nitrogen and oxygen atoms in total. The first-order valence-corrected chi connectivity index (χ1v) is 10.1. The van der Waals surface area contributed by atoms with Crippen molar-refractivity contribution in [3.05, 3.63) is 37.1 Å². The maximum absolute atomic E-state index is 14.5. The van der Waals surface area contributed by atoms with Gasteiger partial charge in [-0.25, -0.2) is 23.3 Å². The number of hydrogen-bond acceptors (Lipinski definition) is 7. The van der Waals surface area contributed by atoms with Crippen LogP contribution >= 0.6 is 0 Å². The largest absolute Gasteiger partial charge is 0.479 e. The minimum atomic E-state index is -2.85. The lowest BCUT2D eigenvalue weighted by atomic mass is 10.1. The normalized spacial score (nSPS) is 21.2. The van der Waals surface area contributed by atoms with E-state index in [0.717, 1.165) is 24.0 Å². The zero-order chi connectivity index (χ0) is 21.2. The fourth-order valence-corrected chi connectivity index (χ4v) is 4.22. The molecule has 2 aliphatic rings. The number of nitrogens with zero attached hydrogens (tertiary/aromatic N) is 7. The van der Waals surface area contributed by atoms with Gasteiger partial charge >= 0.3 is 0 Å². The van der Waals surface area contributed by atoms with E-state index in [1.807, 2.05) is 27.8 Å². The number of nitrogens with one attached hydrogen (secondary N) is 1. The van der Waals surface area contributed by atoms with Crippen LogP contribution in [0.25, 0.3) is 22.4 Å². The molecule has 4 aromatic heterocycles. The second-order valence-electron chi connectivity index (χ2n) is 8.06. The molecule has 0 aromatic carbocycles. The van der Waals surface area contributed by atoms with Crippen LogP contribution in [0.2, 0.25) is 0 Å². The monoisotopic (exact) mass is 426 g/mol. The zero-order valence-corrected chi connectivity index (χ0v) is 16.7. The van der Waals surface area contributed by atoms with Gasteiger partial charge in [0.2, 0.25) is 17.6 Å². The number of alkyl halides is 2. The fraction of sp³-hybridized carbons (Fsp3) is 0.400. The fourth-order valence-electron chi connectivity index (χ4n) is 4.22. The Morgan fingerprint density at radius 2 is 2.10 bits per heavy atom. The predicted octanol–water partition coefficient (Wildman–Crippen LogP) is 2.34. The molecule has 5 heterocycles. The van der Waals surface area contributed by atoms with E-state index in [0.29, 0.717) is 17.2 Å². The standard InChI is InChI=1S/C20H20F2N8O/c1-31-17-16-14(12-8-24-19-23-5-7-28(19)9-12)4-6-30(16)27-18(26-17)25-15-10-29(13-2-3-13)11-20(15,21)22/h4-9,13,15H,2-3,10-11H2,1H3,(H,25,27). The van der Waals surface area contributed by atoms with Crippen molar-refractivity contribution in [3.8, 4) is 17.0 Å². The van der Waals surface area contributed by atoms with Crippen LogP contribution in [-0.4, -0.2) is 72.1 Å². The van der Waals surface area contributed by atoms with Crippen molar-refractivity contribution < 1.29 is 13.5 Å². The number of fused-ring (bicyclic) bond motifs is 2.